The van der Waals surface area contributed by atoms with Crippen LogP contribution in [0.3, 0.4) is 0 Å². The highest BCUT2D eigenvalue weighted by Crippen LogP contribution is 2.29. The Morgan fingerprint density at radius 1 is 1.33 bits per heavy atom. The first kappa shape index (κ1) is 17.2. The number of aliphatic hydroxyl groups excluding tert-OH is 1. The zero-order chi connectivity index (χ0) is 16.9. The van der Waals surface area contributed by atoms with E-state index >= 15 is 0 Å². The highest BCUT2D eigenvalue weighted by atomic mass is 16.5. The normalized spacial score (nSPS) is 20.0. The van der Waals surface area contributed by atoms with Crippen LogP contribution in [-0.2, 0) is 0 Å². The zero-order valence-corrected chi connectivity index (χ0v) is 14.4. The molecular weight excluding hydrogens is 306 g/mol. The summed E-state index contributed by atoms with van der Waals surface area (Å²) in [5.74, 6) is 1.30. The predicted molar refractivity (Wildman–Crippen MR) is 91.1 cm³/mol. The maximum atomic E-state index is 12.5. The van der Waals surface area contributed by atoms with Crippen LogP contribution in [0.1, 0.15) is 36.5 Å². The molecule has 132 valence electrons. The lowest BCUT2D eigenvalue weighted by atomic mass is 10.2. The van der Waals surface area contributed by atoms with Gasteiger partial charge in [-0.1, -0.05) is 6.92 Å². The molecule has 1 aromatic heterocycles. The Morgan fingerprint density at radius 2 is 2.08 bits per heavy atom. The monoisotopic (exact) mass is 333 g/mol. The van der Waals surface area contributed by atoms with Crippen LogP contribution in [-0.4, -0.2) is 71.2 Å². The maximum absolute atomic E-state index is 12.5. The van der Waals surface area contributed by atoms with Crippen LogP contribution in [0.2, 0.25) is 0 Å². The lowest BCUT2D eigenvalue weighted by Gasteiger charge is -2.35. The number of aromatic nitrogens is 1. The SMILES string of the molecule is CC[C@@H](O)CN1CCN(C(=O)c2ccc(OCC3CC3)nc2)CC1. The number of rotatable bonds is 7. The number of β-amino-alcohol motifs (C(OH)–C–C–N with tert-alkyl or cyclic N) is 1. The van der Waals surface area contributed by atoms with E-state index in [2.05, 4.69) is 9.88 Å². The molecule has 0 aromatic carbocycles. The van der Waals surface area contributed by atoms with Gasteiger partial charge in [-0.3, -0.25) is 9.69 Å². The number of piperazine rings is 1. The molecule has 2 aliphatic rings. The minimum absolute atomic E-state index is 0.0203. The van der Waals surface area contributed by atoms with E-state index in [1.54, 1.807) is 18.3 Å². The first-order chi connectivity index (χ1) is 11.7. The molecule has 1 atom stereocenters. The molecule has 2 heterocycles. The second-order valence-corrected chi connectivity index (χ2v) is 6.79. The fourth-order valence-electron chi connectivity index (χ4n) is 2.82. The first-order valence-corrected chi connectivity index (χ1v) is 8.94. The number of ether oxygens (including phenoxy) is 1. The fraction of sp³-hybridized carbons (Fsp3) is 0.667. The molecule has 0 unspecified atom stereocenters. The van der Waals surface area contributed by atoms with Crippen molar-refractivity contribution in [2.75, 3.05) is 39.3 Å². The van der Waals surface area contributed by atoms with Crippen molar-refractivity contribution < 1.29 is 14.6 Å². The van der Waals surface area contributed by atoms with Crippen molar-refractivity contribution in [3.63, 3.8) is 0 Å². The Labute approximate surface area is 143 Å². The molecule has 1 aliphatic carbocycles. The van der Waals surface area contributed by atoms with Gasteiger partial charge >= 0.3 is 0 Å². The molecule has 0 spiro atoms. The smallest absolute Gasteiger partial charge is 0.255 e. The van der Waals surface area contributed by atoms with Gasteiger partial charge in [-0.2, -0.15) is 0 Å². The summed E-state index contributed by atoms with van der Waals surface area (Å²) in [7, 11) is 0. The average Bonchev–Trinajstić information content (AvgIpc) is 3.45. The fourth-order valence-corrected chi connectivity index (χ4v) is 2.82. The number of carbonyl (C=O) groups excluding carboxylic acids is 1. The predicted octanol–water partition coefficient (Wildman–Crippen LogP) is 1.40. The van der Waals surface area contributed by atoms with Crippen molar-refractivity contribution in [2.24, 2.45) is 5.92 Å². The standard InChI is InChI=1S/C18H27N3O3/c1-2-16(22)12-20-7-9-21(10-8-20)18(23)15-5-6-17(19-11-15)24-13-14-3-4-14/h5-6,11,14,16,22H,2-4,7-10,12-13H2,1H3/t16-/m1/s1. The molecule has 1 aromatic rings. The Kier molecular flexibility index (Phi) is 5.68. The number of hydrogen-bond acceptors (Lipinski definition) is 5. The maximum Gasteiger partial charge on any atom is 0.255 e. The summed E-state index contributed by atoms with van der Waals surface area (Å²) < 4.78 is 5.61. The quantitative estimate of drug-likeness (QED) is 0.817. The number of aliphatic hydroxyl groups is 1. The van der Waals surface area contributed by atoms with Crippen molar-refractivity contribution in [2.45, 2.75) is 32.3 Å². The minimum atomic E-state index is -0.278. The second-order valence-electron chi connectivity index (χ2n) is 6.79. The van der Waals surface area contributed by atoms with Crippen LogP contribution in [0.5, 0.6) is 5.88 Å². The van der Waals surface area contributed by atoms with Crippen LogP contribution in [0, 0.1) is 5.92 Å². The molecule has 1 saturated carbocycles. The summed E-state index contributed by atoms with van der Waals surface area (Å²) in [6.45, 7) is 6.39. The van der Waals surface area contributed by atoms with Gasteiger partial charge in [0.2, 0.25) is 5.88 Å². The lowest BCUT2D eigenvalue weighted by molar-refractivity contribution is 0.0523. The number of amides is 1. The molecule has 1 amide bonds. The molecule has 0 bridgehead atoms. The summed E-state index contributed by atoms with van der Waals surface area (Å²) in [5, 5.41) is 9.73. The highest BCUT2D eigenvalue weighted by molar-refractivity contribution is 5.94. The van der Waals surface area contributed by atoms with Gasteiger partial charge in [-0.05, 0) is 31.2 Å². The summed E-state index contributed by atoms with van der Waals surface area (Å²) >= 11 is 0. The van der Waals surface area contributed by atoms with Crippen molar-refractivity contribution in [3.8, 4) is 5.88 Å². The highest BCUT2D eigenvalue weighted by Gasteiger charge is 2.24. The lowest BCUT2D eigenvalue weighted by Crippen LogP contribution is -2.50. The van der Waals surface area contributed by atoms with Gasteiger partial charge < -0.3 is 14.7 Å². The van der Waals surface area contributed by atoms with Gasteiger partial charge in [0.1, 0.15) is 0 Å². The van der Waals surface area contributed by atoms with Gasteiger partial charge in [0.05, 0.1) is 18.3 Å². The third-order valence-corrected chi connectivity index (χ3v) is 4.75. The summed E-state index contributed by atoms with van der Waals surface area (Å²) in [5.41, 5.74) is 0.607. The van der Waals surface area contributed by atoms with E-state index in [-0.39, 0.29) is 12.0 Å². The van der Waals surface area contributed by atoms with Gasteiger partial charge in [-0.25, -0.2) is 4.98 Å². The molecule has 1 saturated heterocycles. The van der Waals surface area contributed by atoms with Crippen LogP contribution >= 0.6 is 0 Å². The van der Waals surface area contributed by atoms with Crippen LogP contribution in [0.15, 0.2) is 18.3 Å². The summed E-state index contributed by atoms with van der Waals surface area (Å²) in [6, 6.07) is 3.58. The van der Waals surface area contributed by atoms with Gasteiger partial charge in [0, 0.05) is 45.0 Å². The summed E-state index contributed by atoms with van der Waals surface area (Å²) in [4.78, 5) is 20.9. The first-order valence-electron chi connectivity index (χ1n) is 8.94. The van der Waals surface area contributed by atoms with Crippen LogP contribution in [0.25, 0.3) is 0 Å². The molecule has 0 radical (unpaired) electrons. The topological polar surface area (TPSA) is 65.9 Å². The van der Waals surface area contributed by atoms with Gasteiger partial charge in [0.15, 0.2) is 0 Å². The summed E-state index contributed by atoms with van der Waals surface area (Å²) in [6.07, 6.45) is 4.59. The van der Waals surface area contributed by atoms with Gasteiger partial charge in [-0.15, -0.1) is 0 Å². The average molecular weight is 333 g/mol. The van der Waals surface area contributed by atoms with Gasteiger partial charge in [0.25, 0.3) is 5.91 Å². The molecule has 6 heteroatoms. The third kappa shape index (κ3) is 4.68. The molecule has 1 aliphatic heterocycles. The molecule has 24 heavy (non-hydrogen) atoms. The van der Waals surface area contributed by atoms with E-state index in [1.807, 2.05) is 11.8 Å². The molecule has 2 fully saturated rings. The molecule has 3 rings (SSSR count). The van der Waals surface area contributed by atoms with E-state index in [0.717, 1.165) is 26.1 Å². The van der Waals surface area contributed by atoms with E-state index in [9.17, 15) is 9.90 Å². The van der Waals surface area contributed by atoms with E-state index in [4.69, 9.17) is 4.74 Å². The second kappa shape index (κ2) is 7.94. The Bertz CT molecular complexity index is 537. The van der Waals surface area contributed by atoms with E-state index in [0.29, 0.717) is 37.0 Å². The van der Waals surface area contributed by atoms with Crippen molar-refractivity contribution >= 4 is 5.91 Å². The van der Waals surface area contributed by atoms with Crippen molar-refractivity contribution in [3.05, 3.63) is 23.9 Å². The minimum Gasteiger partial charge on any atom is -0.477 e. The van der Waals surface area contributed by atoms with E-state index in [1.165, 1.54) is 12.8 Å². The van der Waals surface area contributed by atoms with Crippen molar-refractivity contribution in [1.82, 2.24) is 14.8 Å². The molecule has 1 N–H and O–H groups in total. The Morgan fingerprint density at radius 3 is 2.67 bits per heavy atom. The number of carbonyl (C=O) groups is 1. The van der Waals surface area contributed by atoms with Crippen LogP contribution in [0.4, 0.5) is 0 Å². The van der Waals surface area contributed by atoms with Crippen molar-refractivity contribution in [1.29, 1.82) is 0 Å². The Balaban J connectivity index is 1.47. The Hall–Kier alpha value is -1.66. The zero-order valence-electron chi connectivity index (χ0n) is 14.4. The van der Waals surface area contributed by atoms with E-state index < -0.39 is 0 Å². The number of hydrogen-bond donors (Lipinski definition) is 1. The van der Waals surface area contributed by atoms with Crippen LogP contribution < -0.4 is 4.74 Å². The molecule has 6 nitrogen and oxygen atoms in total. The number of nitrogens with zero attached hydrogens (tertiary/aromatic N) is 3. The molecular formula is C18H27N3O3. The largest absolute Gasteiger partial charge is 0.477 e. The third-order valence-electron chi connectivity index (χ3n) is 4.75. The number of pyridine rings is 1.